The van der Waals surface area contributed by atoms with Crippen LogP contribution in [0.2, 0.25) is 0 Å². The zero-order valence-electron chi connectivity index (χ0n) is 9.04. The van der Waals surface area contributed by atoms with Crippen molar-refractivity contribution in [3.8, 4) is 0 Å². The zero-order chi connectivity index (χ0) is 9.14. The van der Waals surface area contributed by atoms with E-state index in [1.807, 2.05) is 38.1 Å². The molecular weight excluding hydrogens is 286 g/mol. The minimum Gasteiger partial charge on any atom is -1.00 e. The summed E-state index contributed by atoms with van der Waals surface area (Å²) in [5.41, 5.74) is 2.71. The van der Waals surface area contributed by atoms with Crippen LogP contribution in [0.3, 0.4) is 0 Å². The van der Waals surface area contributed by atoms with E-state index in [-0.39, 0.29) is 44.3 Å². The van der Waals surface area contributed by atoms with Crippen molar-refractivity contribution >= 4 is 11.4 Å². The third-order valence-electron chi connectivity index (χ3n) is 1.80. The molecule has 15 heavy (non-hydrogen) atoms. The van der Waals surface area contributed by atoms with Gasteiger partial charge in [-0.2, -0.15) is 0 Å². The Hall–Kier alpha value is -0.357. The Bertz CT molecular complexity index is 337. The van der Waals surface area contributed by atoms with Crippen LogP contribution in [0.15, 0.2) is 18.2 Å². The van der Waals surface area contributed by atoms with E-state index >= 15 is 0 Å². The quantitative estimate of drug-likeness (QED) is 0.399. The molecule has 79 valence electrons. The van der Waals surface area contributed by atoms with Gasteiger partial charge in [-0.1, -0.05) is 0 Å². The number of aryl methyl sites for hydroxylation is 1. The summed E-state index contributed by atoms with van der Waals surface area (Å²) < 4.78 is 0. The number of rotatable bonds is 1. The Morgan fingerprint density at radius 3 is 2.07 bits per heavy atom. The first-order valence-electron chi connectivity index (χ1n) is 3.78. The molecule has 0 saturated heterocycles. The van der Waals surface area contributed by atoms with Crippen LogP contribution in [0, 0.1) is 12.3 Å². The van der Waals surface area contributed by atoms with Crippen molar-refractivity contribution < 1.29 is 44.3 Å². The SMILES string of the molecule is Cc1cc(N(C)C)ccc1[N+]#N.[Cl-].[Cl-].[Zn+]. The standard InChI is InChI=1S/C9H12N3.2ClH.Zn/c1-7-6-8(12(2)3)4-5-9(7)11-10;;;/h4-6H,1-3H3;2*1H;/q+1;;;+1/p-2. The van der Waals surface area contributed by atoms with Crippen molar-refractivity contribution in [1.82, 2.24) is 0 Å². The van der Waals surface area contributed by atoms with Crippen LogP contribution in [0.1, 0.15) is 5.56 Å². The fourth-order valence-electron chi connectivity index (χ4n) is 1.03. The molecule has 1 aromatic rings. The van der Waals surface area contributed by atoms with Crippen LogP contribution in [0.4, 0.5) is 11.4 Å². The molecule has 0 atom stereocenters. The number of anilines is 1. The van der Waals surface area contributed by atoms with Crippen LogP contribution in [0.25, 0.3) is 4.98 Å². The van der Waals surface area contributed by atoms with E-state index in [9.17, 15) is 0 Å². The minimum absolute atomic E-state index is 0. The fourth-order valence-corrected chi connectivity index (χ4v) is 1.03. The molecule has 0 heterocycles. The molecule has 0 aliphatic heterocycles. The summed E-state index contributed by atoms with van der Waals surface area (Å²) in [4.78, 5) is 5.16. The molecule has 3 nitrogen and oxygen atoms in total. The Morgan fingerprint density at radius 1 is 1.20 bits per heavy atom. The van der Waals surface area contributed by atoms with E-state index in [1.54, 1.807) is 6.07 Å². The molecule has 1 rings (SSSR count). The number of hydrogen-bond donors (Lipinski definition) is 0. The molecule has 6 heteroatoms. The summed E-state index contributed by atoms with van der Waals surface area (Å²) >= 11 is 0. The van der Waals surface area contributed by atoms with Gasteiger partial charge in [-0.25, -0.2) is 0 Å². The van der Waals surface area contributed by atoms with Crippen LogP contribution < -0.4 is 29.7 Å². The Balaban J connectivity index is -0.000000480. The Labute approximate surface area is 115 Å². The third kappa shape index (κ3) is 5.32. The molecule has 0 N–H and O–H groups in total. The summed E-state index contributed by atoms with van der Waals surface area (Å²) in [6.45, 7) is 1.92. The molecule has 1 aromatic carbocycles. The van der Waals surface area contributed by atoms with E-state index in [2.05, 4.69) is 4.98 Å². The average molecular weight is 299 g/mol. The zero-order valence-corrected chi connectivity index (χ0v) is 13.5. The molecule has 0 aliphatic carbocycles. The molecule has 0 aromatic heterocycles. The van der Waals surface area contributed by atoms with Crippen molar-refractivity contribution in [2.24, 2.45) is 0 Å². The Morgan fingerprint density at radius 2 is 1.73 bits per heavy atom. The second kappa shape index (κ2) is 8.91. The predicted octanol–water partition coefficient (Wildman–Crippen LogP) is -3.45. The van der Waals surface area contributed by atoms with E-state index in [4.69, 9.17) is 5.39 Å². The molecule has 0 unspecified atom stereocenters. The molecule has 0 aliphatic rings. The van der Waals surface area contributed by atoms with Gasteiger partial charge >= 0.3 is 25.2 Å². The van der Waals surface area contributed by atoms with E-state index < -0.39 is 0 Å². The molecule has 0 saturated carbocycles. The summed E-state index contributed by atoms with van der Waals surface area (Å²) in [6, 6.07) is 5.70. The normalized spacial score (nSPS) is 7.33. The maximum absolute atomic E-state index is 8.56. The minimum atomic E-state index is 0. The average Bonchev–Trinajstić information content (AvgIpc) is 2.04. The van der Waals surface area contributed by atoms with Crippen LogP contribution in [-0.2, 0) is 19.5 Å². The number of halogens is 2. The van der Waals surface area contributed by atoms with Crippen LogP contribution >= 0.6 is 0 Å². The number of benzene rings is 1. The van der Waals surface area contributed by atoms with Gasteiger partial charge in [0, 0.05) is 31.4 Å². The summed E-state index contributed by atoms with van der Waals surface area (Å²) in [6.07, 6.45) is 0. The van der Waals surface area contributed by atoms with Gasteiger partial charge in [-0.15, -0.1) is 0 Å². The number of diazo groups is 1. The predicted molar refractivity (Wildman–Crippen MR) is 50.3 cm³/mol. The van der Waals surface area contributed by atoms with Gasteiger partial charge in [-0.05, 0) is 19.1 Å². The first-order chi connectivity index (χ1) is 5.65. The van der Waals surface area contributed by atoms with Gasteiger partial charge in [0.15, 0.2) is 4.98 Å². The summed E-state index contributed by atoms with van der Waals surface area (Å²) in [5, 5.41) is 8.56. The number of hydrogen-bond acceptors (Lipinski definition) is 2. The third-order valence-corrected chi connectivity index (χ3v) is 1.80. The van der Waals surface area contributed by atoms with Crippen molar-refractivity contribution in [1.29, 1.82) is 5.39 Å². The molecule has 0 spiro atoms. The van der Waals surface area contributed by atoms with Crippen LogP contribution in [0.5, 0.6) is 0 Å². The van der Waals surface area contributed by atoms with Gasteiger partial charge in [0.05, 0.1) is 0 Å². The van der Waals surface area contributed by atoms with Gasteiger partial charge < -0.3 is 29.7 Å². The smallest absolute Gasteiger partial charge is 1.00 e. The molecule has 0 bridgehead atoms. The molecular formula is C9H12Cl2N3Zn. The first kappa shape index (κ1) is 20.1. The van der Waals surface area contributed by atoms with Gasteiger partial charge in [0.25, 0.3) is 0 Å². The van der Waals surface area contributed by atoms with E-state index in [1.165, 1.54) is 0 Å². The fraction of sp³-hybridized carbons (Fsp3) is 0.333. The second-order valence-corrected chi connectivity index (χ2v) is 2.97. The molecule has 0 fully saturated rings. The number of nitrogens with zero attached hydrogens (tertiary/aromatic N) is 3. The first-order valence-corrected chi connectivity index (χ1v) is 3.78. The largest absolute Gasteiger partial charge is 1.00 e. The van der Waals surface area contributed by atoms with Crippen molar-refractivity contribution in [2.45, 2.75) is 6.92 Å². The second-order valence-electron chi connectivity index (χ2n) is 2.97. The van der Waals surface area contributed by atoms with Crippen molar-refractivity contribution in [2.75, 3.05) is 19.0 Å². The maximum Gasteiger partial charge on any atom is 1.00 e. The monoisotopic (exact) mass is 296 g/mol. The van der Waals surface area contributed by atoms with E-state index in [0.29, 0.717) is 5.69 Å². The summed E-state index contributed by atoms with van der Waals surface area (Å²) in [7, 11) is 3.95. The van der Waals surface area contributed by atoms with Gasteiger partial charge in [0.2, 0.25) is 5.39 Å². The van der Waals surface area contributed by atoms with Crippen LogP contribution in [-0.4, -0.2) is 14.1 Å². The Kier molecular flexibility index (Phi) is 11.9. The van der Waals surface area contributed by atoms with Gasteiger partial charge in [-0.3, -0.25) is 0 Å². The van der Waals surface area contributed by atoms with Crippen molar-refractivity contribution in [3.63, 3.8) is 0 Å². The van der Waals surface area contributed by atoms with Crippen molar-refractivity contribution in [3.05, 3.63) is 28.7 Å². The molecule has 1 radical (unpaired) electrons. The van der Waals surface area contributed by atoms with E-state index in [0.717, 1.165) is 11.3 Å². The maximum atomic E-state index is 8.56. The topological polar surface area (TPSA) is 31.4 Å². The molecule has 0 amide bonds. The van der Waals surface area contributed by atoms with Gasteiger partial charge in [0.1, 0.15) is 0 Å². The summed E-state index contributed by atoms with van der Waals surface area (Å²) in [5.74, 6) is 0.